The van der Waals surface area contributed by atoms with E-state index < -0.39 is 5.82 Å². The van der Waals surface area contributed by atoms with Crippen molar-refractivity contribution in [1.82, 2.24) is 5.32 Å². The topological polar surface area (TPSA) is 55.1 Å². The van der Waals surface area contributed by atoms with Crippen LogP contribution in [-0.4, -0.2) is 5.91 Å². The molecule has 0 aliphatic heterocycles. The van der Waals surface area contributed by atoms with Crippen LogP contribution in [0.25, 0.3) is 0 Å². The summed E-state index contributed by atoms with van der Waals surface area (Å²) in [5.41, 5.74) is 6.47. The Morgan fingerprint density at radius 1 is 1.26 bits per heavy atom. The number of carbonyl (C=O) groups is 1. The van der Waals surface area contributed by atoms with Gasteiger partial charge >= 0.3 is 0 Å². The fraction of sp³-hybridized carbons (Fsp3) is 0.0714. The van der Waals surface area contributed by atoms with E-state index in [-0.39, 0.29) is 17.2 Å². The Balaban J connectivity index is 2.03. The lowest BCUT2D eigenvalue weighted by Crippen LogP contribution is -2.22. The molecule has 0 radical (unpaired) electrons. The van der Waals surface area contributed by atoms with Crippen molar-refractivity contribution in [1.29, 1.82) is 0 Å². The highest BCUT2D eigenvalue weighted by atomic mass is 35.5. The zero-order chi connectivity index (χ0) is 13.8. The monoisotopic (exact) mass is 278 g/mol. The van der Waals surface area contributed by atoms with Crippen LogP contribution < -0.4 is 11.1 Å². The number of hydrogen-bond acceptors (Lipinski definition) is 2. The lowest BCUT2D eigenvalue weighted by Gasteiger charge is -2.06. The van der Waals surface area contributed by atoms with Crippen molar-refractivity contribution >= 4 is 23.2 Å². The number of carbonyl (C=O) groups excluding carboxylic acids is 1. The van der Waals surface area contributed by atoms with E-state index in [0.29, 0.717) is 11.6 Å². The highest BCUT2D eigenvalue weighted by molar-refractivity contribution is 6.30. The van der Waals surface area contributed by atoms with Crippen LogP contribution in [-0.2, 0) is 6.54 Å². The maximum Gasteiger partial charge on any atom is 0.251 e. The summed E-state index contributed by atoms with van der Waals surface area (Å²) in [6.45, 7) is 0.325. The summed E-state index contributed by atoms with van der Waals surface area (Å²) in [7, 11) is 0. The summed E-state index contributed by atoms with van der Waals surface area (Å²) >= 11 is 5.84. The Morgan fingerprint density at radius 2 is 2.05 bits per heavy atom. The average molecular weight is 279 g/mol. The number of rotatable bonds is 3. The van der Waals surface area contributed by atoms with E-state index in [1.54, 1.807) is 18.2 Å². The van der Waals surface area contributed by atoms with Crippen molar-refractivity contribution in [2.24, 2.45) is 0 Å². The van der Waals surface area contributed by atoms with E-state index in [1.165, 1.54) is 12.1 Å². The highest BCUT2D eigenvalue weighted by Crippen LogP contribution is 2.13. The molecule has 0 unspecified atom stereocenters. The summed E-state index contributed by atoms with van der Waals surface area (Å²) in [5, 5.41) is 3.29. The van der Waals surface area contributed by atoms with Crippen molar-refractivity contribution in [3.05, 3.63) is 64.4 Å². The number of amides is 1. The molecule has 0 fully saturated rings. The van der Waals surface area contributed by atoms with Gasteiger partial charge in [0.2, 0.25) is 0 Å². The van der Waals surface area contributed by atoms with E-state index >= 15 is 0 Å². The molecule has 0 aliphatic rings. The first-order valence-electron chi connectivity index (χ1n) is 5.64. The number of halogens is 2. The van der Waals surface area contributed by atoms with Crippen molar-refractivity contribution in [2.45, 2.75) is 6.54 Å². The Kier molecular flexibility index (Phi) is 4.02. The van der Waals surface area contributed by atoms with Gasteiger partial charge in [0, 0.05) is 17.1 Å². The number of hydrogen-bond donors (Lipinski definition) is 2. The molecule has 0 bridgehead atoms. The summed E-state index contributed by atoms with van der Waals surface area (Å²) in [6.07, 6.45) is 0. The third-order valence-electron chi connectivity index (χ3n) is 2.60. The van der Waals surface area contributed by atoms with Crippen molar-refractivity contribution in [3.63, 3.8) is 0 Å². The van der Waals surface area contributed by atoms with Gasteiger partial charge in [-0.2, -0.15) is 0 Å². The van der Waals surface area contributed by atoms with Gasteiger partial charge in [0.25, 0.3) is 5.91 Å². The molecule has 0 aliphatic carbocycles. The van der Waals surface area contributed by atoms with Crippen molar-refractivity contribution < 1.29 is 9.18 Å². The molecule has 0 saturated heterocycles. The summed E-state index contributed by atoms with van der Waals surface area (Å²) < 4.78 is 13.2. The molecule has 3 N–H and O–H groups in total. The standard InChI is InChI=1S/C14H12ClFN2O/c15-11-3-1-2-9(6-11)8-18-14(19)10-4-5-13(17)12(16)7-10/h1-7H,8,17H2,(H,18,19). The number of nitrogens with two attached hydrogens (primary N) is 1. The average Bonchev–Trinajstić information content (AvgIpc) is 2.39. The van der Waals surface area contributed by atoms with Crippen LogP contribution in [0.2, 0.25) is 5.02 Å². The highest BCUT2D eigenvalue weighted by Gasteiger charge is 2.08. The van der Waals surface area contributed by atoms with Gasteiger partial charge in [0.15, 0.2) is 0 Å². The lowest BCUT2D eigenvalue weighted by atomic mass is 10.1. The largest absolute Gasteiger partial charge is 0.396 e. The quantitative estimate of drug-likeness (QED) is 0.848. The van der Waals surface area contributed by atoms with E-state index in [0.717, 1.165) is 11.6 Å². The SMILES string of the molecule is Nc1ccc(C(=O)NCc2cccc(Cl)c2)cc1F. The van der Waals surface area contributed by atoms with Gasteiger partial charge in [0.05, 0.1) is 5.69 Å². The molecule has 2 aromatic rings. The molecule has 0 saturated carbocycles. The number of benzene rings is 2. The molecule has 0 atom stereocenters. The van der Waals surface area contributed by atoms with Crippen LogP contribution in [0.15, 0.2) is 42.5 Å². The van der Waals surface area contributed by atoms with Gasteiger partial charge in [-0.15, -0.1) is 0 Å². The Bertz CT molecular complexity index is 616. The molecule has 2 aromatic carbocycles. The molecular weight excluding hydrogens is 267 g/mol. The van der Waals surface area contributed by atoms with Crippen LogP contribution in [0.1, 0.15) is 15.9 Å². The first kappa shape index (κ1) is 13.4. The minimum atomic E-state index is -0.601. The molecule has 5 heteroatoms. The van der Waals surface area contributed by atoms with Gasteiger partial charge in [-0.1, -0.05) is 23.7 Å². The van der Waals surface area contributed by atoms with Crippen LogP contribution in [0, 0.1) is 5.82 Å². The van der Waals surface area contributed by atoms with Gasteiger partial charge in [-0.05, 0) is 35.9 Å². The van der Waals surface area contributed by atoms with Gasteiger partial charge in [0.1, 0.15) is 5.82 Å². The van der Waals surface area contributed by atoms with E-state index in [9.17, 15) is 9.18 Å². The molecule has 0 aromatic heterocycles. The van der Waals surface area contributed by atoms with Crippen LogP contribution >= 0.6 is 11.6 Å². The lowest BCUT2D eigenvalue weighted by molar-refractivity contribution is 0.0950. The van der Waals surface area contributed by atoms with Gasteiger partial charge < -0.3 is 11.1 Å². The fourth-order valence-corrected chi connectivity index (χ4v) is 1.81. The second-order valence-corrected chi connectivity index (χ2v) is 4.49. The number of nitrogens with one attached hydrogen (secondary N) is 1. The molecular formula is C14H12ClFN2O. The van der Waals surface area contributed by atoms with Crippen LogP contribution in [0.4, 0.5) is 10.1 Å². The van der Waals surface area contributed by atoms with Gasteiger partial charge in [-0.3, -0.25) is 4.79 Å². The zero-order valence-corrected chi connectivity index (χ0v) is 10.7. The van der Waals surface area contributed by atoms with Crippen LogP contribution in [0.5, 0.6) is 0 Å². The molecule has 19 heavy (non-hydrogen) atoms. The first-order chi connectivity index (χ1) is 9.06. The fourth-order valence-electron chi connectivity index (χ4n) is 1.60. The normalized spacial score (nSPS) is 10.2. The summed E-state index contributed by atoms with van der Waals surface area (Å²) in [4.78, 5) is 11.8. The Labute approximate surface area is 115 Å². The summed E-state index contributed by atoms with van der Waals surface area (Å²) in [5.74, 6) is -0.964. The van der Waals surface area contributed by atoms with E-state index in [2.05, 4.69) is 5.32 Å². The molecule has 1 amide bonds. The predicted octanol–water partition coefficient (Wildman–Crippen LogP) is 2.99. The molecule has 2 rings (SSSR count). The molecule has 98 valence electrons. The predicted molar refractivity (Wildman–Crippen MR) is 73.4 cm³/mol. The smallest absolute Gasteiger partial charge is 0.251 e. The van der Waals surface area contributed by atoms with Crippen LogP contribution in [0.3, 0.4) is 0 Å². The molecule has 0 heterocycles. The van der Waals surface area contributed by atoms with Gasteiger partial charge in [-0.25, -0.2) is 4.39 Å². The Hall–Kier alpha value is -2.07. The molecule has 0 spiro atoms. The number of nitrogen functional groups attached to an aromatic ring is 1. The first-order valence-corrected chi connectivity index (χ1v) is 6.02. The van der Waals surface area contributed by atoms with Crippen molar-refractivity contribution in [3.8, 4) is 0 Å². The number of anilines is 1. The second-order valence-electron chi connectivity index (χ2n) is 4.05. The summed E-state index contributed by atoms with van der Waals surface area (Å²) in [6, 6.07) is 11.1. The van der Waals surface area contributed by atoms with Crippen molar-refractivity contribution in [2.75, 3.05) is 5.73 Å². The Morgan fingerprint density at radius 3 is 2.74 bits per heavy atom. The minimum Gasteiger partial charge on any atom is -0.396 e. The molecule has 3 nitrogen and oxygen atoms in total. The second kappa shape index (κ2) is 5.71. The zero-order valence-electron chi connectivity index (χ0n) is 9.99. The third kappa shape index (κ3) is 3.45. The van der Waals surface area contributed by atoms with E-state index in [1.807, 2.05) is 6.07 Å². The minimum absolute atomic E-state index is 0.0198. The maximum absolute atomic E-state index is 13.2. The maximum atomic E-state index is 13.2. The van der Waals surface area contributed by atoms with E-state index in [4.69, 9.17) is 17.3 Å². The third-order valence-corrected chi connectivity index (χ3v) is 2.84.